The van der Waals surface area contributed by atoms with Gasteiger partial charge in [0.1, 0.15) is 17.8 Å². The van der Waals surface area contributed by atoms with Crippen molar-refractivity contribution in [1.29, 1.82) is 0 Å². The molecule has 3 aliphatic heterocycles. The minimum Gasteiger partial charge on any atom is -0.494 e. The summed E-state index contributed by atoms with van der Waals surface area (Å²) < 4.78 is 5.73. The van der Waals surface area contributed by atoms with Gasteiger partial charge in [-0.05, 0) is 61.9 Å². The number of hydrogen-bond donors (Lipinski definition) is 3. The van der Waals surface area contributed by atoms with E-state index in [0.29, 0.717) is 38.3 Å². The average Bonchev–Trinajstić information content (AvgIpc) is 3.42. The molecule has 1 aromatic rings. The van der Waals surface area contributed by atoms with Gasteiger partial charge in [-0.1, -0.05) is 75.8 Å². The van der Waals surface area contributed by atoms with Crippen molar-refractivity contribution in [2.75, 3.05) is 31.6 Å². The third-order valence-electron chi connectivity index (χ3n) is 9.86. The minimum atomic E-state index is -0.739. The summed E-state index contributed by atoms with van der Waals surface area (Å²) in [5.74, 6) is 0.0315. The van der Waals surface area contributed by atoms with Crippen molar-refractivity contribution >= 4 is 23.4 Å². The standard InChI is InChI=1S/C36H49N5O4/c1-5-29(37-4)34(42)39-33(26-15-7-6-8-16-26)36(44)41-22-28-21-27-17-11-12-18-31(27)40(28)23-32(41)35(43)38-30-19-20-45-25(3)14-10-9-13-24(30)2/h9-14,17-18,26,28-30,32-33,37H,2-3,5-8,15-16,19-23H2,1,4H3,(H,38,43)(H,39,42)/b13-9-,14-10-/t28?,29-,30+,32-,33?/m0/s1. The van der Waals surface area contributed by atoms with E-state index in [0.717, 1.165) is 49.8 Å². The van der Waals surface area contributed by atoms with E-state index in [1.165, 1.54) is 5.56 Å². The number of amides is 3. The molecule has 0 radical (unpaired) electrons. The molecule has 3 N–H and O–H groups in total. The number of allylic oxidation sites excluding steroid dienone is 3. The highest BCUT2D eigenvalue weighted by molar-refractivity contribution is 5.94. The van der Waals surface area contributed by atoms with Crippen molar-refractivity contribution in [3.63, 3.8) is 0 Å². The second-order valence-electron chi connectivity index (χ2n) is 12.7. The lowest BCUT2D eigenvalue weighted by molar-refractivity contribution is -0.146. The van der Waals surface area contributed by atoms with Gasteiger partial charge >= 0.3 is 0 Å². The fourth-order valence-electron chi connectivity index (χ4n) is 7.28. The van der Waals surface area contributed by atoms with Gasteiger partial charge in [0.15, 0.2) is 0 Å². The molecule has 9 nitrogen and oxygen atoms in total. The van der Waals surface area contributed by atoms with E-state index in [9.17, 15) is 14.4 Å². The summed E-state index contributed by atoms with van der Waals surface area (Å²) >= 11 is 0. The minimum absolute atomic E-state index is 0.0357. The van der Waals surface area contributed by atoms with Gasteiger partial charge in [0.25, 0.3) is 0 Å². The lowest BCUT2D eigenvalue weighted by Gasteiger charge is -2.46. The Kier molecular flexibility index (Phi) is 10.8. The maximum atomic E-state index is 14.7. The van der Waals surface area contributed by atoms with Gasteiger partial charge in [0, 0.05) is 25.2 Å². The lowest BCUT2D eigenvalue weighted by atomic mass is 9.82. The second-order valence-corrected chi connectivity index (χ2v) is 12.7. The first-order chi connectivity index (χ1) is 21.8. The van der Waals surface area contributed by atoms with Crippen molar-refractivity contribution in [2.45, 2.75) is 88.5 Å². The van der Waals surface area contributed by atoms with E-state index in [1.807, 2.05) is 37.3 Å². The zero-order chi connectivity index (χ0) is 31.9. The molecule has 3 amide bonds. The molecule has 9 heteroatoms. The van der Waals surface area contributed by atoms with Gasteiger partial charge in [-0.2, -0.15) is 0 Å². The Bertz CT molecular complexity index is 1330. The summed E-state index contributed by atoms with van der Waals surface area (Å²) in [6.07, 6.45) is 14.3. The number of ether oxygens (including phenoxy) is 1. The first-order valence-electron chi connectivity index (χ1n) is 16.6. The number of carbonyl (C=O) groups excluding carboxylic acids is 3. The van der Waals surface area contributed by atoms with Crippen LogP contribution in [-0.4, -0.2) is 79.6 Å². The smallest absolute Gasteiger partial charge is 0.246 e. The fraction of sp³-hybridized carbons (Fsp3) is 0.528. The molecule has 1 saturated heterocycles. The average molecular weight is 616 g/mol. The number of carbonyl (C=O) groups is 3. The number of nitrogens with zero attached hydrogens (tertiary/aromatic N) is 2. The van der Waals surface area contributed by atoms with Crippen LogP contribution < -0.4 is 20.9 Å². The Labute approximate surface area is 267 Å². The Morgan fingerprint density at radius 1 is 1.02 bits per heavy atom. The molecule has 242 valence electrons. The monoisotopic (exact) mass is 615 g/mol. The van der Waals surface area contributed by atoms with Gasteiger partial charge in [-0.25, -0.2) is 0 Å². The first kappa shape index (κ1) is 32.5. The van der Waals surface area contributed by atoms with E-state index < -0.39 is 12.1 Å². The molecule has 1 aromatic carbocycles. The summed E-state index contributed by atoms with van der Waals surface area (Å²) in [4.78, 5) is 46.4. The maximum Gasteiger partial charge on any atom is 0.246 e. The number of rotatable bonds is 8. The number of benzene rings is 1. The van der Waals surface area contributed by atoms with E-state index in [4.69, 9.17) is 4.74 Å². The van der Waals surface area contributed by atoms with Crippen molar-refractivity contribution in [1.82, 2.24) is 20.9 Å². The largest absolute Gasteiger partial charge is 0.494 e. The number of anilines is 1. The van der Waals surface area contributed by atoms with Crippen LogP contribution in [0.2, 0.25) is 0 Å². The van der Waals surface area contributed by atoms with Gasteiger partial charge in [0.05, 0.1) is 24.7 Å². The summed E-state index contributed by atoms with van der Waals surface area (Å²) in [6, 6.07) is 6.18. The molecular weight excluding hydrogens is 566 g/mol. The highest BCUT2D eigenvalue weighted by atomic mass is 16.5. The van der Waals surface area contributed by atoms with E-state index >= 15 is 0 Å². The molecule has 0 aromatic heterocycles. The number of nitrogens with one attached hydrogen (secondary N) is 3. The molecule has 1 aliphatic carbocycles. The predicted octanol–water partition coefficient (Wildman–Crippen LogP) is 3.78. The van der Waals surface area contributed by atoms with E-state index in [-0.39, 0.29) is 41.8 Å². The second kappa shape index (κ2) is 15.0. The molecule has 5 atom stereocenters. The topological polar surface area (TPSA) is 103 Å². The van der Waals surface area contributed by atoms with Crippen LogP contribution in [-0.2, 0) is 25.5 Å². The van der Waals surface area contributed by atoms with Crippen LogP contribution in [0.15, 0.2) is 73.1 Å². The van der Waals surface area contributed by atoms with Crippen LogP contribution >= 0.6 is 0 Å². The molecule has 1 saturated carbocycles. The Morgan fingerprint density at radius 3 is 2.53 bits per heavy atom. The van der Waals surface area contributed by atoms with E-state index in [2.05, 4.69) is 46.1 Å². The van der Waals surface area contributed by atoms with Gasteiger partial charge in [0.2, 0.25) is 17.7 Å². The number of likely N-dealkylation sites (N-methyl/N-ethyl adjacent to an activating group) is 1. The van der Waals surface area contributed by atoms with Crippen molar-refractivity contribution in [3.8, 4) is 0 Å². The molecule has 2 unspecified atom stereocenters. The van der Waals surface area contributed by atoms with Crippen LogP contribution in [0.1, 0.15) is 57.4 Å². The number of hydrogen-bond acceptors (Lipinski definition) is 6. The molecule has 0 bridgehead atoms. The molecule has 2 fully saturated rings. The summed E-state index contributed by atoms with van der Waals surface area (Å²) in [5, 5.41) is 9.44. The number of fused-ring (bicyclic) bond motifs is 3. The molecule has 4 aliphatic rings. The van der Waals surface area contributed by atoms with Crippen LogP contribution in [0, 0.1) is 5.92 Å². The summed E-state index contributed by atoms with van der Waals surface area (Å²) in [6.45, 7) is 11.2. The predicted molar refractivity (Wildman–Crippen MR) is 177 cm³/mol. The van der Waals surface area contributed by atoms with Gasteiger partial charge in [-0.15, -0.1) is 0 Å². The van der Waals surface area contributed by atoms with Crippen LogP contribution in [0.5, 0.6) is 0 Å². The highest BCUT2D eigenvalue weighted by Crippen LogP contribution is 2.36. The normalized spacial score (nSPS) is 26.5. The lowest BCUT2D eigenvalue weighted by Crippen LogP contribution is -2.67. The molecule has 45 heavy (non-hydrogen) atoms. The molecular formula is C36H49N5O4. The van der Waals surface area contributed by atoms with Crippen molar-refractivity contribution in [2.24, 2.45) is 5.92 Å². The van der Waals surface area contributed by atoms with Crippen molar-refractivity contribution in [3.05, 3.63) is 78.6 Å². The summed E-state index contributed by atoms with van der Waals surface area (Å²) in [5.41, 5.74) is 3.10. The molecule has 3 heterocycles. The Morgan fingerprint density at radius 2 is 1.78 bits per heavy atom. The fourth-order valence-corrected chi connectivity index (χ4v) is 7.28. The van der Waals surface area contributed by atoms with Gasteiger partial charge in [-0.3, -0.25) is 14.4 Å². The third kappa shape index (κ3) is 7.52. The molecule has 0 spiro atoms. The highest BCUT2D eigenvalue weighted by Gasteiger charge is 2.46. The van der Waals surface area contributed by atoms with E-state index in [1.54, 1.807) is 18.0 Å². The number of para-hydroxylation sites is 1. The zero-order valence-electron chi connectivity index (χ0n) is 26.8. The number of piperazine rings is 1. The van der Waals surface area contributed by atoms with Gasteiger partial charge < -0.3 is 30.5 Å². The Hall–Kier alpha value is -3.85. The quantitative estimate of drug-likeness (QED) is 0.412. The van der Waals surface area contributed by atoms with Crippen molar-refractivity contribution < 1.29 is 19.1 Å². The SMILES string of the molecule is C=C1/C=C\C=C/C(=C)[C@H](NC(=O)[C@@H]2CN3c4ccccc4CC3CN2C(=O)C(NC(=O)[C@H](CC)NC)C2CCCCC2)CCO1. The summed E-state index contributed by atoms with van der Waals surface area (Å²) in [7, 11) is 1.77. The van der Waals surface area contributed by atoms with Crippen LogP contribution in [0.25, 0.3) is 0 Å². The zero-order valence-corrected chi connectivity index (χ0v) is 26.8. The van der Waals surface area contributed by atoms with Crippen LogP contribution in [0.4, 0.5) is 5.69 Å². The van der Waals surface area contributed by atoms with Crippen LogP contribution in [0.3, 0.4) is 0 Å². The molecule has 5 rings (SSSR count). The first-order valence-corrected chi connectivity index (χ1v) is 16.6. The maximum absolute atomic E-state index is 14.7. The third-order valence-corrected chi connectivity index (χ3v) is 9.86. The Balaban J connectivity index is 1.44.